The third-order valence-corrected chi connectivity index (χ3v) is 4.28. The monoisotopic (exact) mass is 379 g/mol. The molecule has 1 amide bonds. The highest BCUT2D eigenvalue weighted by atomic mass is 32.1. The molecule has 1 unspecified atom stereocenters. The standard InChI is InChI=1S/C20H21N5OS/c1-12-8-9-15(10-14(12)3)23-19(26)18(24-25-20(22)27)17(11-21)16-7-5-4-6-13(16)2/h4-10,17H,1-3H3,(H,23,26)(H3,22,25,27)/b24-18+. The lowest BCUT2D eigenvalue weighted by Crippen LogP contribution is -2.33. The normalized spacial score (nSPS) is 12.0. The number of carbonyl (C=O) groups is 1. The van der Waals surface area contributed by atoms with E-state index in [0.29, 0.717) is 11.3 Å². The molecule has 2 rings (SSSR count). The van der Waals surface area contributed by atoms with Gasteiger partial charge in [-0.15, -0.1) is 0 Å². The van der Waals surface area contributed by atoms with Gasteiger partial charge in [-0.25, -0.2) is 0 Å². The number of hydrazone groups is 1. The van der Waals surface area contributed by atoms with Crippen molar-refractivity contribution in [3.8, 4) is 6.07 Å². The Morgan fingerprint density at radius 3 is 2.44 bits per heavy atom. The smallest absolute Gasteiger partial charge is 0.273 e. The van der Waals surface area contributed by atoms with Crippen LogP contribution in [0.4, 0.5) is 5.69 Å². The zero-order valence-corrected chi connectivity index (χ0v) is 16.2. The number of nitrogens with two attached hydrogens (primary N) is 1. The van der Waals surface area contributed by atoms with Gasteiger partial charge < -0.3 is 11.1 Å². The van der Waals surface area contributed by atoms with Crippen molar-refractivity contribution in [2.45, 2.75) is 26.7 Å². The number of benzene rings is 2. The SMILES string of the molecule is Cc1ccc(NC(=O)/C(=N/NC(N)=S)C(C#N)c2ccccc2C)cc1C. The van der Waals surface area contributed by atoms with Crippen LogP contribution < -0.4 is 16.5 Å². The first-order valence-corrected chi connectivity index (χ1v) is 8.71. The Balaban J connectivity index is 2.41. The second-order valence-electron chi connectivity index (χ2n) is 6.14. The van der Waals surface area contributed by atoms with Crippen LogP contribution in [-0.4, -0.2) is 16.7 Å². The lowest BCUT2D eigenvalue weighted by molar-refractivity contribution is -0.110. The van der Waals surface area contributed by atoms with Crippen molar-refractivity contribution in [2.75, 3.05) is 5.32 Å². The highest BCUT2D eigenvalue weighted by Gasteiger charge is 2.26. The predicted molar refractivity (Wildman–Crippen MR) is 111 cm³/mol. The minimum atomic E-state index is -0.875. The van der Waals surface area contributed by atoms with E-state index in [1.165, 1.54) is 0 Å². The van der Waals surface area contributed by atoms with Crippen LogP contribution in [-0.2, 0) is 4.79 Å². The maximum atomic E-state index is 12.9. The van der Waals surface area contributed by atoms with Crippen LogP contribution in [0.25, 0.3) is 0 Å². The molecule has 2 aromatic carbocycles. The maximum Gasteiger partial charge on any atom is 0.273 e. The summed E-state index contributed by atoms with van der Waals surface area (Å²) in [7, 11) is 0. The molecule has 0 aliphatic carbocycles. The van der Waals surface area contributed by atoms with Gasteiger partial charge in [0.2, 0.25) is 0 Å². The topological polar surface area (TPSA) is 103 Å². The molecular formula is C20H21N5OS. The Labute approximate surface area is 164 Å². The van der Waals surface area contributed by atoms with E-state index in [-0.39, 0.29) is 10.8 Å². The van der Waals surface area contributed by atoms with E-state index in [2.05, 4.69) is 21.9 Å². The van der Waals surface area contributed by atoms with Gasteiger partial charge in [-0.3, -0.25) is 10.2 Å². The minimum Gasteiger partial charge on any atom is -0.375 e. The second-order valence-corrected chi connectivity index (χ2v) is 6.58. The van der Waals surface area contributed by atoms with Gasteiger partial charge in [0.05, 0.1) is 6.07 Å². The van der Waals surface area contributed by atoms with Crippen molar-refractivity contribution in [3.05, 3.63) is 64.7 Å². The molecule has 0 radical (unpaired) electrons. The maximum absolute atomic E-state index is 12.9. The van der Waals surface area contributed by atoms with Gasteiger partial charge in [0.25, 0.3) is 5.91 Å². The van der Waals surface area contributed by atoms with Gasteiger partial charge in [-0.05, 0) is 67.4 Å². The van der Waals surface area contributed by atoms with E-state index in [4.69, 9.17) is 18.0 Å². The Hall–Kier alpha value is -3.24. The highest BCUT2D eigenvalue weighted by Crippen LogP contribution is 2.22. The van der Waals surface area contributed by atoms with E-state index < -0.39 is 11.8 Å². The fourth-order valence-corrected chi connectivity index (χ4v) is 2.61. The molecule has 0 heterocycles. The lowest BCUT2D eigenvalue weighted by Gasteiger charge is -2.16. The van der Waals surface area contributed by atoms with Gasteiger partial charge in [-0.1, -0.05) is 30.3 Å². The van der Waals surface area contributed by atoms with Gasteiger partial charge in [-0.2, -0.15) is 10.4 Å². The molecule has 2 aromatic rings. The zero-order chi connectivity index (χ0) is 20.0. The van der Waals surface area contributed by atoms with Crippen molar-refractivity contribution in [2.24, 2.45) is 10.8 Å². The summed E-state index contributed by atoms with van der Waals surface area (Å²) < 4.78 is 0. The molecule has 6 nitrogen and oxygen atoms in total. The highest BCUT2D eigenvalue weighted by molar-refractivity contribution is 7.80. The van der Waals surface area contributed by atoms with Crippen molar-refractivity contribution in [1.29, 1.82) is 5.26 Å². The first-order chi connectivity index (χ1) is 12.8. The summed E-state index contributed by atoms with van der Waals surface area (Å²) >= 11 is 4.77. The van der Waals surface area contributed by atoms with Crippen LogP contribution in [0.15, 0.2) is 47.6 Å². The molecular weight excluding hydrogens is 358 g/mol. The summed E-state index contributed by atoms with van der Waals surface area (Å²) in [5.74, 6) is -1.38. The predicted octanol–water partition coefficient (Wildman–Crippen LogP) is 3.05. The minimum absolute atomic E-state index is 0.0159. The lowest BCUT2D eigenvalue weighted by atomic mass is 9.91. The van der Waals surface area contributed by atoms with Crippen molar-refractivity contribution < 1.29 is 4.79 Å². The third kappa shape index (κ3) is 5.12. The van der Waals surface area contributed by atoms with E-state index in [1.54, 1.807) is 12.1 Å². The summed E-state index contributed by atoms with van der Waals surface area (Å²) in [6, 6.07) is 15.1. The van der Waals surface area contributed by atoms with Crippen LogP contribution in [0.5, 0.6) is 0 Å². The molecule has 0 aromatic heterocycles. The number of nitriles is 1. The number of nitrogens with zero attached hydrogens (tertiary/aromatic N) is 2. The number of carbonyl (C=O) groups excluding carboxylic acids is 1. The third-order valence-electron chi connectivity index (χ3n) is 4.19. The van der Waals surface area contributed by atoms with Gasteiger partial charge >= 0.3 is 0 Å². The number of anilines is 1. The van der Waals surface area contributed by atoms with E-state index in [1.807, 2.05) is 51.1 Å². The van der Waals surface area contributed by atoms with Gasteiger partial charge in [0.1, 0.15) is 11.6 Å². The van der Waals surface area contributed by atoms with E-state index >= 15 is 0 Å². The molecule has 27 heavy (non-hydrogen) atoms. The summed E-state index contributed by atoms with van der Waals surface area (Å²) in [5, 5.41) is 16.4. The van der Waals surface area contributed by atoms with Gasteiger partial charge in [0, 0.05) is 5.69 Å². The number of thiocarbonyl (C=S) groups is 1. The number of aryl methyl sites for hydroxylation is 3. The Morgan fingerprint density at radius 1 is 1.15 bits per heavy atom. The summed E-state index contributed by atoms with van der Waals surface area (Å²) in [6.45, 7) is 5.82. The van der Waals surface area contributed by atoms with Gasteiger partial charge in [0.15, 0.2) is 5.11 Å². The van der Waals surface area contributed by atoms with Crippen LogP contribution in [0.1, 0.15) is 28.2 Å². The number of nitrogens with one attached hydrogen (secondary N) is 2. The molecule has 0 aliphatic rings. The summed E-state index contributed by atoms with van der Waals surface area (Å²) in [5.41, 5.74) is 12.2. The average Bonchev–Trinajstić information content (AvgIpc) is 2.62. The van der Waals surface area contributed by atoms with Crippen LogP contribution in [0.3, 0.4) is 0 Å². The van der Waals surface area contributed by atoms with Crippen molar-refractivity contribution >= 4 is 34.6 Å². The Morgan fingerprint density at radius 2 is 1.85 bits per heavy atom. The van der Waals surface area contributed by atoms with Crippen molar-refractivity contribution in [1.82, 2.24) is 5.43 Å². The molecule has 0 fully saturated rings. The summed E-state index contributed by atoms with van der Waals surface area (Å²) in [6.07, 6.45) is 0. The molecule has 0 bridgehead atoms. The summed E-state index contributed by atoms with van der Waals surface area (Å²) in [4.78, 5) is 12.9. The fourth-order valence-electron chi connectivity index (χ4n) is 2.56. The molecule has 4 N–H and O–H groups in total. The fraction of sp³-hybridized carbons (Fsp3) is 0.200. The van der Waals surface area contributed by atoms with Crippen LogP contribution in [0.2, 0.25) is 0 Å². The Bertz CT molecular complexity index is 946. The Kier molecular flexibility index (Phi) is 6.63. The number of hydrogen-bond acceptors (Lipinski definition) is 4. The average molecular weight is 379 g/mol. The molecule has 0 spiro atoms. The number of hydrogen-bond donors (Lipinski definition) is 3. The first kappa shape index (κ1) is 20.1. The zero-order valence-electron chi connectivity index (χ0n) is 15.4. The van der Waals surface area contributed by atoms with Crippen molar-refractivity contribution in [3.63, 3.8) is 0 Å². The van der Waals surface area contributed by atoms with E-state index in [0.717, 1.165) is 16.7 Å². The molecule has 0 saturated carbocycles. The van der Waals surface area contributed by atoms with E-state index in [9.17, 15) is 10.1 Å². The number of rotatable bonds is 5. The quantitative estimate of drug-likeness (QED) is 0.421. The largest absolute Gasteiger partial charge is 0.375 e. The van der Waals surface area contributed by atoms with Crippen LogP contribution in [0, 0.1) is 32.1 Å². The molecule has 0 saturated heterocycles. The molecule has 7 heteroatoms. The first-order valence-electron chi connectivity index (χ1n) is 8.30. The second kappa shape index (κ2) is 8.92. The van der Waals surface area contributed by atoms with Crippen LogP contribution >= 0.6 is 12.2 Å². The molecule has 0 aliphatic heterocycles. The molecule has 138 valence electrons. The molecule has 1 atom stereocenters. The number of amides is 1.